The lowest BCUT2D eigenvalue weighted by Gasteiger charge is -2.31. The molecule has 0 saturated carbocycles. The van der Waals surface area contributed by atoms with Crippen molar-refractivity contribution in [2.24, 2.45) is 0 Å². The van der Waals surface area contributed by atoms with Crippen LogP contribution in [0.25, 0.3) is 0 Å². The van der Waals surface area contributed by atoms with E-state index < -0.39 is 61.4 Å². The first kappa shape index (κ1) is 22.4. The first-order chi connectivity index (χ1) is 11.5. The summed E-state index contributed by atoms with van der Waals surface area (Å²) in [6.07, 6.45) is -3.90. The molecule has 0 saturated heterocycles. The zero-order valence-electron chi connectivity index (χ0n) is 14.7. The molecule has 0 spiro atoms. The van der Waals surface area contributed by atoms with Crippen molar-refractivity contribution in [2.75, 3.05) is 13.2 Å². The minimum absolute atomic E-state index is 0.454. The topological polar surface area (TPSA) is 132 Å². The number of hydrogen-bond donors (Lipinski definition) is 0. The molecule has 10 nitrogen and oxygen atoms in total. The van der Waals surface area contributed by atoms with Crippen molar-refractivity contribution < 1.29 is 47.7 Å². The highest BCUT2D eigenvalue weighted by atomic mass is 16.6. The fourth-order valence-electron chi connectivity index (χ4n) is 1.80. The first-order valence-corrected chi connectivity index (χ1v) is 7.31. The normalized spacial score (nSPS) is 13.6. The van der Waals surface area contributed by atoms with Gasteiger partial charge in [0.1, 0.15) is 13.2 Å². The third-order valence-corrected chi connectivity index (χ3v) is 2.57. The van der Waals surface area contributed by atoms with Crippen molar-refractivity contribution in [1.82, 2.24) is 0 Å². The molecule has 0 aliphatic heterocycles. The van der Waals surface area contributed by atoms with Gasteiger partial charge in [0, 0.05) is 34.6 Å². The van der Waals surface area contributed by atoms with Gasteiger partial charge in [0.05, 0.1) is 0 Å². The van der Waals surface area contributed by atoms with Crippen LogP contribution in [0.5, 0.6) is 0 Å². The number of carbonyl (C=O) groups excluding carboxylic acids is 5. The van der Waals surface area contributed by atoms with Crippen molar-refractivity contribution in [1.29, 1.82) is 0 Å². The van der Waals surface area contributed by atoms with Crippen LogP contribution in [0, 0.1) is 0 Å². The van der Waals surface area contributed by atoms with Gasteiger partial charge in [-0.2, -0.15) is 0 Å². The van der Waals surface area contributed by atoms with Crippen molar-refractivity contribution in [3.05, 3.63) is 0 Å². The van der Waals surface area contributed by atoms with E-state index in [2.05, 4.69) is 0 Å². The molecule has 0 radical (unpaired) electrons. The lowest BCUT2D eigenvalue weighted by molar-refractivity contribution is -0.194. The van der Waals surface area contributed by atoms with Crippen molar-refractivity contribution in [3.63, 3.8) is 0 Å². The van der Waals surface area contributed by atoms with Crippen LogP contribution in [0.3, 0.4) is 0 Å². The zero-order chi connectivity index (χ0) is 19.6. The number of rotatable bonds is 9. The number of ether oxygens (including phenoxy) is 5. The highest BCUT2D eigenvalue weighted by molar-refractivity contribution is 5.69. The Morgan fingerprint density at radius 3 is 1.12 bits per heavy atom. The van der Waals surface area contributed by atoms with Gasteiger partial charge in [0.25, 0.3) is 0 Å². The number of carbonyl (C=O) groups is 5. The predicted octanol–water partition coefficient (Wildman–Crippen LogP) is -0.0923. The Labute approximate surface area is 144 Å². The molecule has 10 heteroatoms. The molecule has 0 N–H and O–H groups in total. The molecule has 2 unspecified atom stereocenters. The second kappa shape index (κ2) is 11.0. The summed E-state index contributed by atoms with van der Waals surface area (Å²) in [7, 11) is 0. The SMILES string of the molecule is CC(=O)OCC(OC(C)=O)C(OC(C)=O)C(COC(C)=O)OC(C)=O. The summed E-state index contributed by atoms with van der Waals surface area (Å²) in [6, 6.07) is 0. The van der Waals surface area contributed by atoms with Gasteiger partial charge >= 0.3 is 29.8 Å². The summed E-state index contributed by atoms with van der Waals surface area (Å²) in [4.78, 5) is 56.0. The van der Waals surface area contributed by atoms with E-state index in [9.17, 15) is 24.0 Å². The van der Waals surface area contributed by atoms with Crippen LogP contribution in [0.15, 0.2) is 0 Å². The van der Waals surface area contributed by atoms with Crippen LogP contribution >= 0.6 is 0 Å². The molecule has 0 fully saturated rings. The molecule has 0 amide bonds. The molecule has 0 aromatic heterocycles. The molecular formula is C15H22O10. The summed E-state index contributed by atoms with van der Waals surface area (Å²) in [5.74, 6) is -3.60. The van der Waals surface area contributed by atoms with Crippen LogP contribution in [-0.2, 0) is 47.7 Å². The molecule has 0 rings (SSSR count). The Balaban J connectivity index is 5.56. The van der Waals surface area contributed by atoms with E-state index in [0.29, 0.717) is 0 Å². The highest BCUT2D eigenvalue weighted by Gasteiger charge is 2.38. The zero-order valence-corrected chi connectivity index (χ0v) is 14.7. The van der Waals surface area contributed by atoms with Crippen LogP contribution in [-0.4, -0.2) is 61.4 Å². The smallest absolute Gasteiger partial charge is 0.303 e. The largest absolute Gasteiger partial charge is 0.462 e. The summed E-state index contributed by atoms with van der Waals surface area (Å²) < 4.78 is 24.7. The molecule has 142 valence electrons. The molecule has 25 heavy (non-hydrogen) atoms. The third kappa shape index (κ3) is 10.7. The van der Waals surface area contributed by atoms with Crippen LogP contribution < -0.4 is 0 Å². The molecule has 0 aliphatic carbocycles. The van der Waals surface area contributed by atoms with Crippen LogP contribution in [0.2, 0.25) is 0 Å². The second-order valence-electron chi connectivity index (χ2n) is 4.97. The maximum atomic E-state index is 11.4. The summed E-state index contributed by atoms with van der Waals surface area (Å²) in [6.45, 7) is 4.63. The average molecular weight is 362 g/mol. The van der Waals surface area contributed by atoms with Crippen molar-refractivity contribution >= 4 is 29.8 Å². The van der Waals surface area contributed by atoms with Gasteiger partial charge in [-0.3, -0.25) is 24.0 Å². The van der Waals surface area contributed by atoms with E-state index in [1.165, 1.54) is 0 Å². The van der Waals surface area contributed by atoms with E-state index >= 15 is 0 Å². The van der Waals surface area contributed by atoms with E-state index in [-0.39, 0.29) is 0 Å². The minimum Gasteiger partial charge on any atom is -0.462 e. The molecule has 0 aliphatic rings. The Hall–Kier alpha value is -2.65. The Morgan fingerprint density at radius 2 is 0.880 bits per heavy atom. The average Bonchev–Trinajstić information content (AvgIpc) is 2.44. The van der Waals surface area contributed by atoms with E-state index in [0.717, 1.165) is 34.6 Å². The van der Waals surface area contributed by atoms with Gasteiger partial charge in [0.2, 0.25) is 0 Å². The van der Waals surface area contributed by atoms with Crippen molar-refractivity contribution in [3.8, 4) is 0 Å². The highest BCUT2D eigenvalue weighted by Crippen LogP contribution is 2.16. The standard InChI is InChI=1S/C15H22O10/c1-8(16)21-6-13(23-10(3)18)15(25-12(5)20)14(24-11(4)19)7-22-9(2)17/h13-15H,6-7H2,1-5H3. The van der Waals surface area contributed by atoms with Crippen LogP contribution in [0.4, 0.5) is 0 Å². The first-order valence-electron chi connectivity index (χ1n) is 7.31. The Bertz CT molecular complexity index is 474. The van der Waals surface area contributed by atoms with E-state index in [4.69, 9.17) is 23.7 Å². The maximum Gasteiger partial charge on any atom is 0.303 e. The van der Waals surface area contributed by atoms with Crippen LogP contribution in [0.1, 0.15) is 34.6 Å². The molecule has 0 aromatic carbocycles. The Morgan fingerprint density at radius 1 is 0.560 bits per heavy atom. The number of hydrogen-bond acceptors (Lipinski definition) is 10. The fourth-order valence-corrected chi connectivity index (χ4v) is 1.80. The van der Waals surface area contributed by atoms with Crippen molar-refractivity contribution in [2.45, 2.75) is 52.9 Å². The molecule has 2 atom stereocenters. The predicted molar refractivity (Wildman–Crippen MR) is 79.9 cm³/mol. The lowest BCUT2D eigenvalue weighted by atomic mass is 10.1. The second-order valence-corrected chi connectivity index (χ2v) is 4.97. The van der Waals surface area contributed by atoms with E-state index in [1.54, 1.807) is 0 Å². The van der Waals surface area contributed by atoms with Gasteiger partial charge < -0.3 is 23.7 Å². The molecule has 0 heterocycles. The van der Waals surface area contributed by atoms with Gasteiger partial charge in [-0.05, 0) is 0 Å². The van der Waals surface area contributed by atoms with Gasteiger partial charge in [-0.1, -0.05) is 0 Å². The molecule has 0 bridgehead atoms. The van der Waals surface area contributed by atoms with Gasteiger partial charge in [-0.15, -0.1) is 0 Å². The fraction of sp³-hybridized carbons (Fsp3) is 0.667. The van der Waals surface area contributed by atoms with Gasteiger partial charge in [0.15, 0.2) is 18.3 Å². The number of esters is 5. The summed E-state index contributed by atoms with van der Waals surface area (Å²) >= 11 is 0. The summed E-state index contributed by atoms with van der Waals surface area (Å²) in [5, 5.41) is 0. The van der Waals surface area contributed by atoms with Gasteiger partial charge in [-0.25, -0.2) is 0 Å². The minimum atomic E-state index is -1.36. The van der Waals surface area contributed by atoms with E-state index in [1.807, 2.05) is 0 Å². The third-order valence-electron chi connectivity index (χ3n) is 2.57. The quantitative estimate of drug-likeness (QED) is 0.405. The monoisotopic (exact) mass is 362 g/mol. The maximum absolute atomic E-state index is 11.4. The molecular weight excluding hydrogens is 340 g/mol. The summed E-state index contributed by atoms with van der Waals surface area (Å²) in [5.41, 5.74) is 0. The molecule has 0 aromatic rings. The lowest BCUT2D eigenvalue weighted by Crippen LogP contribution is -2.49. The Kier molecular flexibility index (Phi) is 9.83.